The summed E-state index contributed by atoms with van der Waals surface area (Å²) in [6.07, 6.45) is 5.05. The van der Waals surface area contributed by atoms with Crippen LogP contribution in [-0.2, 0) is 9.53 Å². The molecule has 2 heterocycles. The number of H-pyrrole nitrogens is 1. The van der Waals surface area contributed by atoms with E-state index >= 15 is 0 Å². The first-order valence-electron chi connectivity index (χ1n) is 4.42. The van der Waals surface area contributed by atoms with Crippen molar-refractivity contribution in [3.8, 4) is 5.75 Å². The molecule has 0 amide bonds. The minimum atomic E-state index is -0.404. The molecule has 0 atom stereocenters. The lowest BCUT2D eigenvalue weighted by Gasteiger charge is -2.02. The van der Waals surface area contributed by atoms with E-state index in [2.05, 4.69) is 14.7 Å². The second-order valence-corrected chi connectivity index (χ2v) is 2.94. The van der Waals surface area contributed by atoms with Gasteiger partial charge in [-0.3, -0.25) is 4.98 Å². The van der Waals surface area contributed by atoms with Gasteiger partial charge in [-0.1, -0.05) is 0 Å². The number of ether oxygens (including phenoxy) is 2. The Morgan fingerprint density at radius 1 is 1.60 bits per heavy atom. The molecular weight excluding hydrogens is 196 g/mol. The number of hydrogen-bond acceptors (Lipinski definition) is 4. The highest BCUT2D eigenvalue weighted by molar-refractivity contribution is 5.85. The first kappa shape index (κ1) is 9.51. The Morgan fingerprint density at radius 2 is 2.47 bits per heavy atom. The third-order valence-corrected chi connectivity index (χ3v) is 2.02. The molecular formula is C10H10N2O3. The number of esters is 1. The number of pyridine rings is 1. The number of nitrogens with zero attached hydrogens (tertiary/aromatic N) is 1. The molecule has 2 aromatic rings. The van der Waals surface area contributed by atoms with Gasteiger partial charge in [0.15, 0.2) is 6.61 Å². The molecule has 5 nitrogen and oxygen atoms in total. The first-order chi connectivity index (χ1) is 7.31. The molecule has 2 rings (SSSR count). The van der Waals surface area contributed by atoms with E-state index in [1.165, 1.54) is 7.11 Å². The zero-order valence-electron chi connectivity index (χ0n) is 8.19. The summed E-state index contributed by atoms with van der Waals surface area (Å²) >= 11 is 0. The Bertz CT molecular complexity index is 478. The second-order valence-electron chi connectivity index (χ2n) is 2.94. The normalized spacial score (nSPS) is 10.2. The van der Waals surface area contributed by atoms with Crippen LogP contribution in [-0.4, -0.2) is 29.7 Å². The van der Waals surface area contributed by atoms with Crippen LogP contribution >= 0.6 is 0 Å². The maximum atomic E-state index is 10.9. The second kappa shape index (κ2) is 4.00. The smallest absolute Gasteiger partial charge is 0.343 e. The maximum Gasteiger partial charge on any atom is 0.343 e. The van der Waals surface area contributed by atoms with E-state index < -0.39 is 5.97 Å². The van der Waals surface area contributed by atoms with Gasteiger partial charge in [-0.15, -0.1) is 0 Å². The quantitative estimate of drug-likeness (QED) is 0.764. The summed E-state index contributed by atoms with van der Waals surface area (Å²) in [5, 5.41) is 0.897. The fourth-order valence-electron chi connectivity index (χ4n) is 1.26. The van der Waals surface area contributed by atoms with Crippen LogP contribution < -0.4 is 4.74 Å². The Morgan fingerprint density at radius 3 is 3.27 bits per heavy atom. The number of methoxy groups -OCH3 is 1. The molecule has 0 aromatic carbocycles. The molecule has 15 heavy (non-hydrogen) atoms. The molecule has 0 aliphatic heterocycles. The molecule has 0 saturated heterocycles. The van der Waals surface area contributed by atoms with Gasteiger partial charge in [0, 0.05) is 17.8 Å². The Labute approximate surface area is 86.0 Å². The zero-order chi connectivity index (χ0) is 10.7. The van der Waals surface area contributed by atoms with E-state index in [0.717, 1.165) is 10.9 Å². The summed E-state index contributed by atoms with van der Waals surface area (Å²) in [7, 11) is 1.32. The van der Waals surface area contributed by atoms with Gasteiger partial charge in [0.25, 0.3) is 0 Å². The minimum Gasteiger partial charge on any atom is -0.480 e. The zero-order valence-corrected chi connectivity index (χ0v) is 8.19. The standard InChI is InChI=1S/C10H10N2O3/c1-14-10(13)6-15-9-5-12-8-4-11-3-2-7(8)9/h2-5,12H,6H2,1H3. The molecule has 0 bridgehead atoms. The van der Waals surface area contributed by atoms with Crippen LogP contribution in [0.4, 0.5) is 0 Å². The van der Waals surface area contributed by atoms with Gasteiger partial charge in [-0.2, -0.15) is 0 Å². The molecule has 0 radical (unpaired) electrons. The van der Waals surface area contributed by atoms with Crippen molar-refractivity contribution in [1.29, 1.82) is 0 Å². The summed E-state index contributed by atoms with van der Waals surface area (Å²) in [6, 6.07) is 1.82. The molecule has 0 fully saturated rings. The molecule has 0 saturated carbocycles. The van der Waals surface area contributed by atoms with E-state index in [-0.39, 0.29) is 6.61 Å². The number of fused-ring (bicyclic) bond motifs is 1. The van der Waals surface area contributed by atoms with Crippen LogP contribution in [0, 0.1) is 0 Å². The van der Waals surface area contributed by atoms with E-state index in [1.54, 1.807) is 18.6 Å². The third-order valence-electron chi connectivity index (χ3n) is 2.02. The van der Waals surface area contributed by atoms with Crippen LogP contribution in [0.1, 0.15) is 0 Å². The van der Waals surface area contributed by atoms with Gasteiger partial charge >= 0.3 is 5.97 Å². The van der Waals surface area contributed by atoms with Gasteiger partial charge in [-0.25, -0.2) is 4.79 Å². The van der Waals surface area contributed by atoms with Crippen LogP contribution in [0.5, 0.6) is 5.75 Å². The van der Waals surface area contributed by atoms with Crippen molar-refractivity contribution < 1.29 is 14.3 Å². The average molecular weight is 206 g/mol. The first-order valence-corrected chi connectivity index (χ1v) is 4.42. The summed E-state index contributed by atoms with van der Waals surface area (Å²) in [5.41, 5.74) is 0.873. The van der Waals surface area contributed by atoms with Crippen molar-refractivity contribution in [2.75, 3.05) is 13.7 Å². The third kappa shape index (κ3) is 1.90. The topological polar surface area (TPSA) is 64.2 Å². The van der Waals surface area contributed by atoms with E-state index in [9.17, 15) is 4.79 Å². The maximum absolute atomic E-state index is 10.9. The van der Waals surface area contributed by atoms with Crippen molar-refractivity contribution in [2.24, 2.45) is 0 Å². The van der Waals surface area contributed by atoms with E-state index in [0.29, 0.717) is 5.75 Å². The lowest BCUT2D eigenvalue weighted by atomic mass is 10.3. The minimum absolute atomic E-state index is 0.0915. The molecule has 0 unspecified atom stereocenters. The van der Waals surface area contributed by atoms with E-state index in [4.69, 9.17) is 4.74 Å². The highest BCUT2D eigenvalue weighted by atomic mass is 16.6. The van der Waals surface area contributed by atoms with Crippen molar-refractivity contribution in [3.63, 3.8) is 0 Å². The number of nitrogens with one attached hydrogen (secondary N) is 1. The van der Waals surface area contributed by atoms with Gasteiger partial charge < -0.3 is 14.5 Å². The summed E-state index contributed by atoms with van der Waals surface area (Å²) in [5.74, 6) is 0.219. The Kier molecular flexibility index (Phi) is 2.53. The Balaban J connectivity index is 2.18. The number of aromatic amines is 1. The lowest BCUT2D eigenvalue weighted by molar-refractivity contribution is -0.142. The van der Waals surface area contributed by atoms with E-state index in [1.807, 2.05) is 6.07 Å². The van der Waals surface area contributed by atoms with Gasteiger partial charge in [0.2, 0.25) is 0 Å². The molecule has 78 valence electrons. The molecule has 5 heteroatoms. The molecule has 0 spiro atoms. The van der Waals surface area contributed by atoms with Crippen LogP contribution in [0.2, 0.25) is 0 Å². The SMILES string of the molecule is COC(=O)COc1c[nH]c2cnccc12. The van der Waals surface area contributed by atoms with Crippen LogP contribution in [0.15, 0.2) is 24.7 Å². The average Bonchev–Trinajstić information content (AvgIpc) is 2.69. The molecule has 2 aromatic heterocycles. The number of carbonyl (C=O) groups is 1. The number of rotatable bonds is 3. The highest BCUT2D eigenvalue weighted by Gasteiger charge is 2.06. The number of aromatic nitrogens is 2. The van der Waals surface area contributed by atoms with Gasteiger partial charge in [0.1, 0.15) is 5.75 Å². The fourth-order valence-corrected chi connectivity index (χ4v) is 1.26. The van der Waals surface area contributed by atoms with Crippen molar-refractivity contribution in [3.05, 3.63) is 24.7 Å². The predicted octanol–water partition coefficient (Wildman–Crippen LogP) is 1.11. The highest BCUT2D eigenvalue weighted by Crippen LogP contribution is 2.23. The van der Waals surface area contributed by atoms with Crippen LogP contribution in [0.3, 0.4) is 0 Å². The van der Waals surface area contributed by atoms with Crippen molar-refractivity contribution >= 4 is 16.9 Å². The number of carbonyl (C=O) groups excluding carboxylic acids is 1. The molecule has 0 aliphatic rings. The van der Waals surface area contributed by atoms with Crippen molar-refractivity contribution in [2.45, 2.75) is 0 Å². The molecule has 1 N–H and O–H groups in total. The van der Waals surface area contributed by atoms with Crippen molar-refractivity contribution in [1.82, 2.24) is 9.97 Å². The lowest BCUT2D eigenvalue weighted by Crippen LogP contribution is -2.12. The van der Waals surface area contributed by atoms with Gasteiger partial charge in [0.05, 0.1) is 18.8 Å². The van der Waals surface area contributed by atoms with Crippen LogP contribution in [0.25, 0.3) is 10.9 Å². The number of hydrogen-bond donors (Lipinski definition) is 1. The monoisotopic (exact) mass is 206 g/mol. The summed E-state index contributed by atoms with van der Waals surface area (Å²) < 4.78 is 9.75. The Hall–Kier alpha value is -2.04. The molecule has 0 aliphatic carbocycles. The van der Waals surface area contributed by atoms with Gasteiger partial charge in [-0.05, 0) is 6.07 Å². The predicted molar refractivity (Wildman–Crippen MR) is 53.6 cm³/mol. The fraction of sp³-hybridized carbons (Fsp3) is 0.200. The largest absolute Gasteiger partial charge is 0.480 e. The summed E-state index contributed by atoms with van der Waals surface area (Å²) in [6.45, 7) is -0.0915. The summed E-state index contributed by atoms with van der Waals surface area (Å²) in [4.78, 5) is 17.8.